The van der Waals surface area contributed by atoms with Crippen LogP contribution in [0.5, 0.6) is 0 Å². The quantitative estimate of drug-likeness (QED) is 0.632. The monoisotopic (exact) mass is 264 g/mol. The zero-order valence-electron chi connectivity index (χ0n) is 12.3. The molecular formula is C15H24N2O2. The number of rotatable bonds is 6. The van der Waals surface area contributed by atoms with Crippen molar-refractivity contribution in [2.45, 2.75) is 27.3 Å². The van der Waals surface area contributed by atoms with Crippen LogP contribution in [0.25, 0.3) is 0 Å². The van der Waals surface area contributed by atoms with Gasteiger partial charge in [-0.1, -0.05) is 19.1 Å². The van der Waals surface area contributed by atoms with Crippen molar-refractivity contribution < 1.29 is 9.53 Å². The van der Waals surface area contributed by atoms with Gasteiger partial charge in [-0.15, -0.1) is 0 Å². The summed E-state index contributed by atoms with van der Waals surface area (Å²) >= 11 is 0. The average Bonchev–Trinajstić information content (AvgIpc) is 2.39. The lowest BCUT2D eigenvalue weighted by Crippen LogP contribution is -2.39. The Labute approximate surface area is 115 Å². The van der Waals surface area contributed by atoms with Gasteiger partial charge in [-0.05, 0) is 38.1 Å². The van der Waals surface area contributed by atoms with Crippen molar-refractivity contribution in [3.05, 3.63) is 29.8 Å². The lowest BCUT2D eigenvalue weighted by molar-refractivity contribution is -0.151. The van der Waals surface area contributed by atoms with Crippen LogP contribution in [0.15, 0.2) is 24.3 Å². The smallest absolute Gasteiger partial charge is 0.312 e. The fourth-order valence-corrected chi connectivity index (χ4v) is 2.06. The SMILES string of the molecule is CCN(Cc1ccc(N)cc1)CC(C)(C)C(=O)OC. The molecular weight excluding hydrogens is 240 g/mol. The van der Waals surface area contributed by atoms with E-state index in [2.05, 4.69) is 11.8 Å². The summed E-state index contributed by atoms with van der Waals surface area (Å²) in [6.45, 7) is 8.25. The molecule has 0 aliphatic carbocycles. The average molecular weight is 264 g/mol. The summed E-state index contributed by atoms with van der Waals surface area (Å²) in [5.41, 5.74) is 7.13. The second-order valence-electron chi connectivity index (χ2n) is 5.42. The van der Waals surface area contributed by atoms with Gasteiger partial charge >= 0.3 is 5.97 Å². The zero-order valence-corrected chi connectivity index (χ0v) is 12.3. The molecule has 0 saturated carbocycles. The Balaban J connectivity index is 2.68. The first-order valence-electron chi connectivity index (χ1n) is 6.54. The van der Waals surface area contributed by atoms with Gasteiger partial charge in [-0.2, -0.15) is 0 Å². The van der Waals surface area contributed by atoms with Crippen molar-refractivity contribution in [3.63, 3.8) is 0 Å². The van der Waals surface area contributed by atoms with Crippen LogP contribution >= 0.6 is 0 Å². The molecule has 1 aromatic carbocycles. The Morgan fingerprint density at radius 2 is 1.89 bits per heavy atom. The van der Waals surface area contributed by atoms with Crippen molar-refractivity contribution in [1.82, 2.24) is 4.90 Å². The summed E-state index contributed by atoms with van der Waals surface area (Å²) in [5, 5.41) is 0. The van der Waals surface area contributed by atoms with Crippen LogP contribution in [0.4, 0.5) is 5.69 Å². The van der Waals surface area contributed by atoms with Gasteiger partial charge in [0.05, 0.1) is 12.5 Å². The molecule has 0 aliphatic heterocycles. The van der Waals surface area contributed by atoms with Crippen LogP contribution in [0.3, 0.4) is 0 Å². The second-order valence-corrected chi connectivity index (χ2v) is 5.42. The van der Waals surface area contributed by atoms with E-state index in [9.17, 15) is 4.79 Å². The van der Waals surface area contributed by atoms with E-state index in [1.54, 1.807) is 0 Å². The topological polar surface area (TPSA) is 55.6 Å². The van der Waals surface area contributed by atoms with E-state index in [4.69, 9.17) is 10.5 Å². The van der Waals surface area contributed by atoms with E-state index in [0.717, 1.165) is 18.8 Å². The van der Waals surface area contributed by atoms with Gasteiger partial charge in [0, 0.05) is 18.8 Å². The third kappa shape index (κ3) is 4.56. The highest BCUT2D eigenvalue weighted by molar-refractivity contribution is 5.76. The van der Waals surface area contributed by atoms with Crippen LogP contribution in [0.1, 0.15) is 26.3 Å². The highest BCUT2D eigenvalue weighted by Gasteiger charge is 2.30. The molecule has 0 fully saturated rings. The number of carbonyl (C=O) groups is 1. The molecule has 0 bridgehead atoms. The Hall–Kier alpha value is -1.55. The Kier molecular flexibility index (Phi) is 5.36. The number of hydrogen-bond acceptors (Lipinski definition) is 4. The first-order valence-corrected chi connectivity index (χ1v) is 6.54. The first-order chi connectivity index (χ1) is 8.89. The number of carbonyl (C=O) groups excluding carboxylic acids is 1. The van der Waals surface area contributed by atoms with Crippen molar-refractivity contribution >= 4 is 11.7 Å². The van der Waals surface area contributed by atoms with E-state index in [0.29, 0.717) is 6.54 Å². The zero-order chi connectivity index (χ0) is 14.5. The lowest BCUT2D eigenvalue weighted by Gasteiger charge is -2.29. The molecule has 0 aliphatic rings. The molecule has 4 heteroatoms. The summed E-state index contributed by atoms with van der Waals surface area (Å²) in [5.74, 6) is -0.178. The summed E-state index contributed by atoms with van der Waals surface area (Å²) in [7, 11) is 1.43. The van der Waals surface area contributed by atoms with E-state index in [-0.39, 0.29) is 5.97 Å². The van der Waals surface area contributed by atoms with Gasteiger partial charge in [0.1, 0.15) is 0 Å². The summed E-state index contributed by atoms with van der Waals surface area (Å²) in [4.78, 5) is 13.9. The van der Waals surface area contributed by atoms with Crippen molar-refractivity contribution in [3.8, 4) is 0 Å². The molecule has 0 aromatic heterocycles. The molecule has 0 unspecified atom stereocenters. The minimum Gasteiger partial charge on any atom is -0.469 e. The summed E-state index contributed by atoms with van der Waals surface area (Å²) in [6.07, 6.45) is 0. The minimum absolute atomic E-state index is 0.178. The number of hydrogen-bond donors (Lipinski definition) is 1. The van der Waals surface area contributed by atoms with Gasteiger partial charge < -0.3 is 10.5 Å². The molecule has 19 heavy (non-hydrogen) atoms. The number of nitrogens with two attached hydrogens (primary N) is 1. The highest BCUT2D eigenvalue weighted by Crippen LogP contribution is 2.20. The Morgan fingerprint density at radius 1 is 1.32 bits per heavy atom. The van der Waals surface area contributed by atoms with Crippen LogP contribution in [-0.4, -0.2) is 31.1 Å². The van der Waals surface area contributed by atoms with Crippen LogP contribution < -0.4 is 5.73 Å². The predicted molar refractivity (Wildman–Crippen MR) is 77.6 cm³/mol. The number of esters is 1. The molecule has 1 aromatic rings. The van der Waals surface area contributed by atoms with Gasteiger partial charge in [-0.25, -0.2) is 0 Å². The van der Waals surface area contributed by atoms with Gasteiger partial charge in [0.25, 0.3) is 0 Å². The minimum atomic E-state index is -0.501. The summed E-state index contributed by atoms with van der Waals surface area (Å²) in [6, 6.07) is 7.83. The van der Waals surface area contributed by atoms with Crippen molar-refractivity contribution in [1.29, 1.82) is 0 Å². The van der Waals surface area contributed by atoms with E-state index in [1.807, 2.05) is 38.1 Å². The molecule has 0 amide bonds. The van der Waals surface area contributed by atoms with Crippen molar-refractivity contribution in [2.75, 3.05) is 25.9 Å². The normalized spacial score (nSPS) is 11.6. The van der Waals surface area contributed by atoms with Crippen LogP contribution in [-0.2, 0) is 16.1 Å². The lowest BCUT2D eigenvalue weighted by atomic mass is 9.92. The maximum atomic E-state index is 11.7. The fraction of sp³-hybridized carbons (Fsp3) is 0.533. The largest absolute Gasteiger partial charge is 0.469 e. The summed E-state index contributed by atoms with van der Waals surface area (Å²) < 4.78 is 4.84. The molecule has 0 spiro atoms. The van der Waals surface area contributed by atoms with Gasteiger partial charge in [0.15, 0.2) is 0 Å². The molecule has 106 valence electrons. The van der Waals surface area contributed by atoms with Gasteiger partial charge in [-0.3, -0.25) is 9.69 Å². The number of benzene rings is 1. The standard InChI is InChI=1S/C15H24N2O2/c1-5-17(11-15(2,3)14(18)19-4)10-12-6-8-13(16)9-7-12/h6-9H,5,10-11,16H2,1-4H3. The molecule has 1 rings (SSSR count). The van der Waals surface area contributed by atoms with E-state index < -0.39 is 5.41 Å². The molecule has 0 atom stereocenters. The van der Waals surface area contributed by atoms with Crippen LogP contribution in [0.2, 0.25) is 0 Å². The van der Waals surface area contributed by atoms with E-state index in [1.165, 1.54) is 12.7 Å². The fourth-order valence-electron chi connectivity index (χ4n) is 2.06. The third-order valence-electron chi connectivity index (χ3n) is 3.19. The van der Waals surface area contributed by atoms with E-state index >= 15 is 0 Å². The molecule has 0 heterocycles. The third-order valence-corrected chi connectivity index (χ3v) is 3.19. The van der Waals surface area contributed by atoms with Crippen LogP contribution in [0, 0.1) is 5.41 Å². The number of nitrogens with zero attached hydrogens (tertiary/aromatic N) is 1. The predicted octanol–water partition coefficient (Wildman–Crippen LogP) is 2.29. The molecule has 0 radical (unpaired) electrons. The first kappa shape index (κ1) is 15.5. The number of anilines is 1. The molecule has 4 nitrogen and oxygen atoms in total. The number of ether oxygens (including phenoxy) is 1. The van der Waals surface area contributed by atoms with Gasteiger partial charge in [0.2, 0.25) is 0 Å². The molecule has 2 N–H and O–H groups in total. The Morgan fingerprint density at radius 3 is 2.37 bits per heavy atom. The number of methoxy groups -OCH3 is 1. The molecule has 0 saturated heterocycles. The maximum Gasteiger partial charge on any atom is 0.312 e. The highest BCUT2D eigenvalue weighted by atomic mass is 16.5. The second kappa shape index (κ2) is 6.57. The Bertz CT molecular complexity index is 413. The maximum absolute atomic E-state index is 11.7. The number of nitrogen functional groups attached to an aromatic ring is 1. The van der Waals surface area contributed by atoms with Crippen molar-refractivity contribution in [2.24, 2.45) is 5.41 Å².